The lowest BCUT2D eigenvalue weighted by molar-refractivity contribution is 0.0837. The Morgan fingerprint density at radius 1 is 1.33 bits per heavy atom. The number of aliphatic hydroxyl groups excluding tert-OH is 1. The molecule has 1 N–H and O–H groups in total. The second-order valence-corrected chi connectivity index (χ2v) is 5.58. The van der Waals surface area contributed by atoms with E-state index in [1.54, 1.807) is 0 Å². The minimum atomic E-state index is 0.153. The predicted molar refractivity (Wildman–Crippen MR) is 69.2 cm³/mol. The molecule has 2 aliphatic heterocycles. The van der Waals surface area contributed by atoms with Gasteiger partial charge in [-0.25, -0.2) is 0 Å². The first-order valence-corrected chi connectivity index (χ1v) is 6.83. The van der Waals surface area contributed by atoms with Crippen molar-refractivity contribution >= 4 is 0 Å². The van der Waals surface area contributed by atoms with E-state index < -0.39 is 0 Å². The molecule has 0 amide bonds. The van der Waals surface area contributed by atoms with Crippen LogP contribution in [0.5, 0.6) is 0 Å². The van der Waals surface area contributed by atoms with Crippen molar-refractivity contribution in [1.29, 1.82) is 0 Å². The van der Waals surface area contributed by atoms with Gasteiger partial charge in [-0.1, -0.05) is 0 Å². The van der Waals surface area contributed by atoms with E-state index in [1.807, 2.05) is 10.9 Å². The third-order valence-corrected chi connectivity index (χ3v) is 4.34. The second-order valence-electron chi connectivity index (χ2n) is 5.58. The summed E-state index contributed by atoms with van der Waals surface area (Å²) in [7, 11) is 2.26. The van der Waals surface area contributed by atoms with Crippen LogP contribution in [0.1, 0.15) is 18.4 Å². The highest BCUT2D eigenvalue weighted by molar-refractivity contribution is 5.05. The average molecular weight is 250 g/mol. The lowest BCUT2D eigenvalue weighted by Gasteiger charge is -2.38. The number of hydrogen-bond acceptors (Lipinski definition) is 4. The predicted octanol–water partition coefficient (Wildman–Crippen LogP) is 0.154. The number of nitrogens with zero attached hydrogens (tertiary/aromatic N) is 4. The number of aromatic nitrogens is 2. The Kier molecular flexibility index (Phi) is 3.37. The molecule has 18 heavy (non-hydrogen) atoms. The zero-order valence-corrected chi connectivity index (χ0v) is 11.0. The van der Waals surface area contributed by atoms with Gasteiger partial charge in [0, 0.05) is 43.5 Å². The molecule has 0 aromatic carbocycles. The minimum absolute atomic E-state index is 0.153. The lowest BCUT2D eigenvalue weighted by Crippen LogP contribution is -2.51. The third-order valence-electron chi connectivity index (χ3n) is 4.34. The summed E-state index contributed by atoms with van der Waals surface area (Å²) in [4.78, 5) is 5.09. The van der Waals surface area contributed by atoms with Crippen LogP contribution in [0.15, 0.2) is 12.4 Å². The zero-order chi connectivity index (χ0) is 12.5. The van der Waals surface area contributed by atoms with Gasteiger partial charge >= 0.3 is 0 Å². The highest BCUT2D eigenvalue weighted by Gasteiger charge is 2.37. The maximum absolute atomic E-state index is 8.88. The van der Waals surface area contributed by atoms with E-state index in [2.05, 4.69) is 28.1 Å². The number of fused-ring (bicyclic) bond motifs is 2. The quantitative estimate of drug-likeness (QED) is 0.826. The molecule has 0 aliphatic carbocycles. The molecule has 2 saturated heterocycles. The van der Waals surface area contributed by atoms with Crippen molar-refractivity contribution in [3.63, 3.8) is 0 Å². The summed E-state index contributed by atoms with van der Waals surface area (Å²) in [5.74, 6) is 0. The molecule has 100 valence electrons. The topological polar surface area (TPSA) is 44.5 Å². The molecule has 2 bridgehead atoms. The molecule has 2 atom stereocenters. The van der Waals surface area contributed by atoms with Gasteiger partial charge in [-0.05, 0) is 19.9 Å². The highest BCUT2D eigenvalue weighted by atomic mass is 16.3. The van der Waals surface area contributed by atoms with Crippen LogP contribution in [0.3, 0.4) is 0 Å². The van der Waals surface area contributed by atoms with Gasteiger partial charge in [0.15, 0.2) is 0 Å². The van der Waals surface area contributed by atoms with Gasteiger partial charge in [0.2, 0.25) is 0 Å². The molecule has 1 aromatic rings. The van der Waals surface area contributed by atoms with Crippen molar-refractivity contribution in [1.82, 2.24) is 19.6 Å². The smallest absolute Gasteiger partial charge is 0.0640 e. The van der Waals surface area contributed by atoms with Gasteiger partial charge in [0.05, 0.1) is 19.3 Å². The molecule has 2 unspecified atom stereocenters. The van der Waals surface area contributed by atoms with Gasteiger partial charge in [-0.2, -0.15) is 5.10 Å². The maximum Gasteiger partial charge on any atom is 0.0640 e. The Labute approximate surface area is 108 Å². The molecular formula is C13H22N4O. The molecule has 3 heterocycles. The van der Waals surface area contributed by atoms with E-state index >= 15 is 0 Å². The molecule has 2 aliphatic rings. The average Bonchev–Trinajstić information content (AvgIpc) is 2.84. The Morgan fingerprint density at radius 2 is 2.06 bits per heavy atom. The summed E-state index contributed by atoms with van der Waals surface area (Å²) in [5, 5.41) is 13.1. The number of aliphatic hydroxyl groups is 1. The van der Waals surface area contributed by atoms with Crippen LogP contribution in [0.25, 0.3) is 0 Å². The summed E-state index contributed by atoms with van der Waals surface area (Å²) in [5.41, 5.74) is 1.26. The van der Waals surface area contributed by atoms with Crippen LogP contribution in [-0.2, 0) is 13.1 Å². The van der Waals surface area contributed by atoms with Crippen molar-refractivity contribution in [2.24, 2.45) is 0 Å². The second kappa shape index (κ2) is 4.99. The molecule has 5 heteroatoms. The Balaban J connectivity index is 1.60. The summed E-state index contributed by atoms with van der Waals surface area (Å²) in [6.45, 7) is 4.09. The van der Waals surface area contributed by atoms with Crippen LogP contribution >= 0.6 is 0 Å². The standard InChI is InChI=1S/C13H22N4O/c1-15-12-2-3-13(15)10-16(9-12)7-11-6-14-17(8-11)4-5-18/h6,8,12-13,18H,2-5,7,9-10H2,1H3. The SMILES string of the molecule is CN1C2CCC1CN(Cc1cnn(CCO)c1)C2. The largest absolute Gasteiger partial charge is 0.394 e. The van der Waals surface area contributed by atoms with Crippen LogP contribution in [-0.4, -0.2) is 63.5 Å². The molecular weight excluding hydrogens is 228 g/mol. The van der Waals surface area contributed by atoms with Crippen molar-refractivity contribution in [2.75, 3.05) is 26.7 Å². The molecule has 2 fully saturated rings. The van der Waals surface area contributed by atoms with Gasteiger partial charge in [0.25, 0.3) is 0 Å². The first kappa shape index (κ1) is 12.1. The van der Waals surface area contributed by atoms with Crippen molar-refractivity contribution in [3.8, 4) is 0 Å². The Bertz CT molecular complexity index is 391. The lowest BCUT2D eigenvalue weighted by atomic mass is 10.2. The Hall–Kier alpha value is -0.910. The fraction of sp³-hybridized carbons (Fsp3) is 0.769. The van der Waals surface area contributed by atoms with E-state index in [1.165, 1.54) is 31.5 Å². The van der Waals surface area contributed by atoms with Crippen molar-refractivity contribution < 1.29 is 5.11 Å². The van der Waals surface area contributed by atoms with Crippen molar-refractivity contribution in [2.45, 2.75) is 38.0 Å². The van der Waals surface area contributed by atoms with Crippen molar-refractivity contribution in [3.05, 3.63) is 18.0 Å². The van der Waals surface area contributed by atoms with E-state index in [4.69, 9.17) is 5.11 Å². The van der Waals surface area contributed by atoms with E-state index in [0.29, 0.717) is 6.54 Å². The van der Waals surface area contributed by atoms with Crippen LogP contribution < -0.4 is 0 Å². The number of rotatable bonds is 4. The summed E-state index contributed by atoms with van der Waals surface area (Å²) < 4.78 is 1.82. The molecule has 1 aromatic heterocycles. The van der Waals surface area contributed by atoms with Gasteiger partial charge in [-0.3, -0.25) is 14.5 Å². The summed E-state index contributed by atoms with van der Waals surface area (Å²) in [6, 6.07) is 1.49. The fourth-order valence-electron chi connectivity index (χ4n) is 3.30. The van der Waals surface area contributed by atoms with Crippen LogP contribution in [0, 0.1) is 0 Å². The number of hydrogen-bond donors (Lipinski definition) is 1. The zero-order valence-electron chi connectivity index (χ0n) is 11.0. The van der Waals surface area contributed by atoms with E-state index in [-0.39, 0.29) is 6.61 Å². The minimum Gasteiger partial charge on any atom is -0.394 e. The Morgan fingerprint density at radius 3 is 2.72 bits per heavy atom. The number of likely N-dealkylation sites (N-methyl/N-ethyl adjacent to an activating group) is 1. The van der Waals surface area contributed by atoms with Crippen LogP contribution in [0.2, 0.25) is 0 Å². The number of piperazine rings is 1. The highest BCUT2D eigenvalue weighted by Crippen LogP contribution is 2.28. The fourth-order valence-corrected chi connectivity index (χ4v) is 3.30. The first-order valence-electron chi connectivity index (χ1n) is 6.83. The molecule has 0 spiro atoms. The maximum atomic E-state index is 8.88. The van der Waals surface area contributed by atoms with Crippen LogP contribution in [0.4, 0.5) is 0 Å². The summed E-state index contributed by atoms with van der Waals surface area (Å²) >= 11 is 0. The van der Waals surface area contributed by atoms with Gasteiger partial charge in [0.1, 0.15) is 0 Å². The van der Waals surface area contributed by atoms with E-state index in [9.17, 15) is 0 Å². The number of likely N-dealkylation sites (tertiary alicyclic amines) is 1. The van der Waals surface area contributed by atoms with Gasteiger partial charge in [-0.15, -0.1) is 0 Å². The molecule has 5 nitrogen and oxygen atoms in total. The molecule has 0 radical (unpaired) electrons. The third kappa shape index (κ3) is 2.30. The van der Waals surface area contributed by atoms with Gasteiger partial charge < -0.3 is 5.11 Å². The normalized spacial score (nSPS) is 29.0. The first-order chi connectivity index (χ1) is 8.76. The monoisotopic (exact) mass is 250 g/mol. The molecule has 0 saturated carbocycles. The van der Waals surface area contributed by atoms with E-state index in [0.717, 1.165) is 18.6 Å². The molecule has 3 rings (SSSR count). The summed E-state index contributed by atoms with van der Waals surface area (Å²) in [6.07, 6.45) is 6.68.